The summed E-state index contributed by atoms with van der Waals surface area (Å²) in [6.07, 6.45) is 15.5. The Labute approximate surface area is 190 Å². The number of hydrogen-bond acceptors (Lipinski definition) is 1. The van der Waals surface area contributed by atoms with Gasteiger partial charge in [-0.1, -0.05) is 131 Å². The fourth-order valence-corrected chi connectivity index (χ4v) is 3.57. The van der Waals surface area contributed by atoms with Crippen molar-refractivity contribution in [1.29, 1.82) is 0 Å². The molecule has 0 fully saturated rings. The van der Waals surface area contributed by atoms with Crippen LogP contribution in [-0.4, -0.2) is 0 Å². The van der Waals surface area contributed by atoms with E-state index in [9.17, 15) is 0 Å². The predicted molar refractivity (Wildman–Crippen MR) is 135 cm³/mol. The van der Waals surface area contributed by atoms with Crippen LogP contribution >= 0.6 is 0 Å². The maximum atomic E-state index is 5.58. The minimum absolute atomic E-state index is 0.869. The number of unbranched alkanes of at least 4 members (excludes halogenated alkanes) is 9. The van der Waals surface area contributed by atoms with Crippen LogP contribution in [0.2, 0.25) is 0 Å². The lowest BCUT2D eigenvalue weighted by Crippen LogP contribution is -1.86. The maximum absolute atomic E-state index is 5.58. The molecule has 0 amide bonds. The van der Waals surface area contributed by atoms with E-state index >= 15 is 0 Å². The van der Waals surface area contributed by atoms with Crippen LogP contribution in [-0.2, 0) is 6.42 Å². The molecule has 0 aromatic heterocycles. The van der Waals surface area contributed by atoms with Crippen LogP contribution in [0, 0.1) is 0 Å². The van der Waals surface area contributed by atoms with Crippen molar-refractivity contribution in [2.45, 2.75) is 77.6 Å². The molecule has 3 aromatic carbocycles. The van der Waals surface area contributed by atoms with Gasteiger partial charge in [-0.3, -0.25) is 0 Å². The highest BCUT2D eigenvalue weighted by molar-refractivity contribution is 5.30. The van der Waals surface area contributed by atoms with Gasteiger partial charge >= 0.3 is 0 Å². The highest BCUT2D eigenvalue weighted by Crippen LogP contribution is 2.19. The first kappa shape index (κ1) is 24.7. The molecule has 3 aromatic rings. The zero-order valence-electron chi connectivity index (χ0n) is 19.3. The molecule has 0 bridgehead atoms. The van der Waals surface area contributed by atoms with Crippen molar-refractivity contribution in [2.75, 3.05) is 0 Å². The Hall–Kier alpha value is -2.54. The lowest BCUT2D eigenvalue weighted by Gasteiger charge is -2.03. The molecule has 0 aliphatic carbocycles. The van der Waals surface area contributed by atoms with Gasteiger partial charge in [-0.2, -0.15) is 0 Å². The summed E-state index contributed by atoms with van der Waals surface area (Å²) in [6.45, 7) is 2.28. The molecule has 1 nitrogen and oxygen atoms in total. The third-order valence-corrected chi connectivity index (χ3v) is 5.38. The maximum Gasteiger partial charge on any atom is 0.127 e. The smallest absolute Gasteiger partial charge is 0.127 e. The molecule has 0 radical (unpaired) electrons. The predicted octanol–water partition coefficient (Wildman–Crippen LogP) is 9.63. The summed E-state index contributed by atoms with van der Waals surface area (Å²) in [5.41, 5.74) is 1.50. The lowest BCUT2D eigenvalue weighted by molar-refractivity contribution is 0.482. The minimum atomic E-state index is 0.869. The first-order valence-corrected chi connectivity index (χ1v) is 12.2. The molecule has 0 atom stereocenters. The highest BCUT2D eigenvalue weighted by atomic mass is 16.5. The summed E-state index contributed by atoms with van der Waals surface area (Å²) < 4.78 is 5.58. The van der Waals surface area contributed by atoms with Crippen molar-refractivity contribution in [2.24, 2.45) is 0 Å². The van der Waals surface area contributed by atoms with Crippen molar-refractivity contribution < 1.29 is 4.74 Å². The van der Waals surface area contributed by atoms with Crippen molar-refractivity contribution in [3.8, 4) is 11.5 Å². The molecule has 0 heterocycles. The van der Waals surface area contributed by atoms with Gasteiger partial charge in [0, 0.05) is 0 Å². The van der Waals surface area contributed by atoms with Crippen molar-refractivity contribution in [3.63, 3.8) is 0 Å². The molecular weight excluding hydrogens is 376 g/mol. The van der Waals surface area contributed by atoms with Crippen LogP contribution in [0.5, 0.6) is 11.5 Å². The van der Waals surface area contributed by atoms with Gasteiger partial charge < -0.3 is 4.74 Å². The van der Waals surface area contributed by atoms with E-state index < -0.39 is 0 Å². The van der Waals surface area contributed by atoms with Crippen LogP contribution < -0.4 is 4.74 Å². The molecule has 0 aliphatic heterocycles. The van der Waals surface area contributed by atoms with E-state index in [4.69, 9.17) is 4.74 Å². The largest absolute Gasteiger partial charge is 0.457 e. The summed E-state index contributed by atoms with van der Waals surface area (Å²) in [5.74, 6) is 1.74. The highest BCUT2D eigenvalue weighted by Gasteiger charge is 1.94. The van der Waals surface area contributed by atoms with Gasteiger partial charge in [0.1, 0.15) is 11.5 Å². The van der Waals surface area contributed by atoms with Crippen LogP contribution in [0.4, 0.5) is 0 Å². The lowest BCUT2D eigenvalue weighted by atomic mass is 10.0. The number of para-hydroxylation sites is 2. The second kappa shape index (κ2) is 17.2. The van der Waals surface area contributed by atoms with Crippen LogP contribution in [0.15, 0.2) is 91.0 Å². The number of rotatable bonds is 13. The van der Waals surface area contributed by atoms with Crippen LogP contribution in [0.1, 0.15) is 76.7 Å². The van der Waals surface area contributed by atoms with E-state index in [1.54, 1.807) is 0 Å². The number of aryl methyl sites for hydroxylation is 1. The number of hydrogen-bond donors (Lipinski definition) is 0. The van der Waals surface area contributed by atoms with Crippen molar-refractivity contribution in [3.05, 3.63) is 96.6 Å². The Balaban J connectivity index is 0.000000231. The Morgan fingerprint density at radius 3 is 1.29 bits per heavy atom. The van der Waals surface area contributed by atoms with Crippen molar-refractivity contribution >= 4 is 0 Å². The monoisotopic (exact) mass is 416 g/mol. The Morgan fingerprint density at radius 1 is 0.452 bits per heavy atom. The van der Waals surface area contributed by atoms with E-state index in [0.717, 1.165) is 11.5 Å². The number of ether oxygens (including phenoxy) is 1. The molecule has 166 valence electrons. The fourth-order valence-electron chi connectivity index (χ4n) is 3.57. The Kier molecular flexibility index (Phi) is 13.7. The molecule has 3 rings (SSSR count). The average Bonchev–Trinajstić information content (AvgIpc) is 2.83. The molecule has 0 N–H and O–H groups in total. The van der Waals surface area contributed by atoms with E-state index in [-0.39, 0.29) is 0 Å². The summed E-state index contributed by atoms with van der Waals surface area (Å²) >= 11 is 0. The van der Waals surface area contributed by atoms with Gasteiger partial charge in [-0.25, -0.2) is 0 Å². The summed E-state index contributed by atoms with van der Waals surface area (Å²) in [5, 5.41) is 0. The van der Waals surface area contributed by atoms with Gasteiger partial charge in [0.25, 0.3) is 0 Å². The molecule has 0 saturated carbocycles. The average molecular weight is 417 g/mol. The third-order valence-electron chi connectivity index (χ3n) is 5.38. The summed E-state index contributed by atoms with van der Waals surface area (Å²) in [6, 6.07) is 30.4. The third kappa shape index (κ3) is 12.7. The standard InChI is InChI=1S/C18H30.C12H10O/c1-2-3-4-5-6-7-8-9-10-12-15-18-16-13-11-14-17-18;1-3-7-11(8-4-1)13-12-9-5-2-6-10-12/h11,13-14,16-17H,2-10,12,15H2,1H3;1-10H. The quantitative estimate of drug-likeness (QED) is 0.252. The zero-order chi connectivity index (χ0) is 21.8. The van der Waals surface area contributed by atoms with Gasteiger partial charge in [0.2, 0.25) is 0 Å². The second-order valence-corrected chi connectivity index (χ2v) is 8.15. The Morgan fingerprint density at radius 2 is 0.839 bits per heavy atom. The van der Waals surface area contributed by atoms with Gasteiger partial charge in [-0.15, -0.1) is 0 Å². The molecule has 31 heavy (non-hydrogen) atoms. The van der Waals surface area contributed by atoms with E-state index in [0.29, 0.717) is 0 Å². The normalized spacial score (nSPS) is 10.2. The second-order valence-electron chi connectivity index (χ2n) is 8.15. The Bertz CT molecular complexity index is 715. The molecule has 0 aliphatic rings. The van der Waals surface area contributed by atoms with Crippen LogP contribution in [0.25, 0.3) is 0 Å². The number of benzene rings is 3. The first-order valence-electron chi connectivity index (χ1n) is 12.2. The van der Waals surface area contributed by atoms with E-state index in [1.807, 2.05) is 60.7 Å². The van der Waals surface area contributed by atoms with Gasteiger partial charge in [0.15, 0.2) is 0 Å². The zero-order valence-corrected chi connectivity index (χ0v) is 19.3. The van der Waals surface area contributed by atoms with Crippen LogP contribution in [0.3, 0.4) is 0 Å². The molecule has 0 saturated heterocycles. The molecule has 0 spiro atoms. The van der Waals surface area contributed by atoms with Crippen molar-refractivity contribution in [1.82, 2.24) is 0 Å². The van der Waals surface area contributed by atoms with E-state index in [2.05, 4.69) is 37.3 Å². The fraction of sp³-hybridized carbons (Fsp3) is 0.400. The summed E-state index contributed by atoms with van der Waals surface area (Å²) in [4.78, 5) is 0. The van der Waals surface area contributed by atoms with Gasteiger partial charge in [0.05, 0.1) is 0 Å². The molecule has 1 heteroatoms. The topological polar surface area (TPSA) is 9.23 Å². The minimum Gasteiger partial charge on any atom is -0.457 e. The van der Waals surface area contributed by atoms with E-state index in [1.165, 1.54) is 76.2 Å². The SMILES string of the molecule is CCCCCCCCCCCCc1ccccc1.c1ccc(Oc2ccccc2)cc1. The molecular formula is C30H40O. The summed E-state index contributed by atoms with van der Waals surface area (Å²) in [7, 11) is 0. The first-order chi connectivity index (χ1) is 15.4. The van der Waals surface area contributed by atoms with Gasteiger partial charge in [-0.05, 0) is 42.7 Å². The molecule has 0 unspecified atom stereocenters.